The maximum Gasteiger partial charge on any atom is 0.313 e. The number of fused-ring (bicyclic) bond motifs is 2. The van der Waals surface area contributed by atoms with Crippen LogP contribution in [0.4, 0.5) is 11.9 Å². The summed E-state index contributed by atoms with van der Waals surface area (Å²) in [5, 5.41) is 31.8. The molecule has 4 aromatic rings. The number of nitrogens with two attached hydrogens (primary N) is 2. The van der Waals surface area contributed by atoms with Crippen molar-refractivity contribution in [2.45, 2.75) is 49.1 Å². The van der Waals surface area contributed by atoms with Crippen molar-refractivity contribution in [3.8, 4) is 0 Å². The fraction of sp³-hybridized carbons (Fsp3) is 0.565. The first kappa shape index (κ1) is 44.2. The van der Waals surface area contributed by atoms with E-state index in [0.717, 1.165) is 11.7 Å². The SMILES string of the molecule is CO[C@@H]1[C@H](O)C(COP(=O)([O-])OP(=O)([O-])OP(=O)([O-])OP(=O)([O-])OC[C@H]2OC([n+]3cn(C)c4c(=O)[nH]c(N)nc43)[C@H](O)[C@@H]2O)O[C@H]1[n+]1cn(C)c2c(=O)[nH]c(N)nc21. The number of aliphatic hydroxyl groups excluding tert-OH is 3. The maximum atomic E-state index is 12.4. The van der Waals surface area contributed by atoms with E-state index in [1.165, 1.54) is 40.5 Å². The minimum Gasteiger partial charge on any atom is -0.756 e. The van der Waals surface area contributed by atoms with E-state index in [1.807, 2.05) is 0 Å². The third kappa shape index (κ3) is 9.03. The van der Waals surface area contributed by atoms with Crippen LogP contribution in [0.3, 0.4) is 0 Å². The molecule has 35 heteroatoms. The average Bonchev–Trinajstić information content (AvgIpc) is 3.77. The number of aryl methyl sites for hydroxylation is 2. The molecule has 0 saturated carbocycles. The van der Waals surface area contributed by atoms with Crippen LogP contribution in [0.15, 0.2) is 22.2 Å². The van der Waals surface area contributed by atoms with Crippen molar-refractivity contribution in [2.24, 2.45) is 14.1 Å². The Labute approximate surface area is 321 Å². The quantitative estimate of drug-likeness (QED) is 0.0430. The number of aromatic amines is 2. The third-order valence-corrected chi connectivity index (χ3v) is 14.2. The minimum atomic E-state index is -6.64. The molecule has 58 heavy (non-hydrogen) atoms. The molecule has 31 nitrogen and oxygen atoms in total. The van der Waals surface area contributed by atoms with Crippen LogP contribution in [0.1, 0.15) is 12.5 Å². The lowest BCUT2D eigenvalue weighted by atomic mass is 10.1. The van der Waals surface area contributed by atoms with Gasteiger partial charge in [0.1, 0.15) is 36.6 Å². The molecule has 0 aliphatic carbocycles. The molecule has 2 aliphatic heterocycles. The number of rotatable bonds is 15. The van der Waals surface area contributed by atoms with Crippen molar-refractivity contribution < 1.29 is 98.5 Å². The first-order valence-corrected chi connectivity index (χ1v) is 21.7. The summed E-state index contributed by atoms with van der Waals surface area (Å²) in [6.07, 6.45) is -10.4. The van der Waals surface area contributed by atoms with Gasteiger partial charge in [-0.25, -0.2) is 22.1 Å². The van der Waals surface area contributed by atoms with Crippen LogP contribution in [0.5, 0.6) is 0 Å². The molecule has 6 heterocycles. The van der Waals surface area contributed by atoms with Gasteiger partial charge in [0.05, 0.1) is 27.3 Å². The molecule has 0 spiro atoms. The summed E-state index contributed by atoms with van der Waals surface area (Å²) < 4.78 is 90.3. The van der Waals surface area contributed by atoms with Gasteiger partial charge in [-0.3, -0.25) is 47.0 Å². The molecule has 6 rings (SSSR count). The number of H-pyrrole nitrogens is 2. The first-order valence-electron chi connectivity index (χ1n) is 15.9. The summed E-state index contributed by atoms with van der Waals surface area (Å²) in [7, 11) is -21.6. The molecular weight excluding hydrogens is 876 g/mol. The number of nitrogens with one attached hydrogen (secondary N) is 2. The number of imidazole rings is 2. The number of nitrogens with zero attached hydrogens (tertiary/aromatic N) is 6. The van der Waals surface area contributed by atoms with Crippen LogP contribution >= 0.6 is 31.3 Å². The smallest absolute Gasteiger partial charge is 0.313 e. The molecule has 12 atom stereocenters. The molecule has 6 unspecified atom stereocenters. The standard InChI is InChI=1S/C23H34N10O21P4/c1-30-6-32(16-10(30)18(37)28-22(24)26-16)20-14(36)12(34)8(50-20)4-48-55(39,40)52-57(43,44)54-58(45,46)53-56(41,42)49-5-9-13(35)15(47-3)21(51-9)33-7-31(2)11-17(33)27-23(25)29-19(11)38/h6-9,12-15,20-21,34-36H,4-5H2,1-3H3,(H8-2,24,25,26,27,28,29,37,38,39,40,41,42,43,44,45,46)/p-2/t8-,9?,12-,13-,14-,15-,20?,21-/m1/s1. The van der Waals surface area contributed by atoms with E-state index in [1.54, 1.807) is 0 Å². The monoisotopic (exact) mass is 908 g/mol. The second-order valence-electron chi connectivity index (χ2n) is 12.4. The van der Waals surface area contributed by atoms with E-state index < -0.39 is 105 Å². The zero-order valence-electron chi connectivity index (χ0n) is 29.5. The number of ether oxygens (including phenoxy) is 3. The lowest BCUT2D eigenvalue weighted by molar-refractivity contribution is -0.746. The lowest BCUT2D eigenvalue weighted by Gasteiger charge is -2.36. The number of aliphatic hydroxyl groups is 3. The molecule has 0 radical (unpaired) electrons. The predicted molar refractivity (Wildman–Crippen MR) is 174 cm³/mol. The summed E-state index contributed by atoms with van der Waals surface area (Å²) in [6, 6.07) is 0. The molecule has 2 saturated heterocycles. The zero-order valence-corrected chi connectivity index (χ0v) is 33.1. The Morgan fingerprint density at radius 3 is 1.57 bits per heavy atom. The molecule has 0 bridgehead atoms. The van der Waals surface area contributed by atoms with Crippen molar-refractivity contribution in [1.82, 2.24) is 29.1 Å². The van der Waals surface area contributed by atoms with Crippen LogP contribution in [0.2, 0.25) is 0 Å². The van der Waals surface area contributed by atoms with Gasteiger partial charge < -0.3 is 69.6 Å². The molecule has 2 aliphatic rings. The van der Waals surface area contributed by atoms with Crippen LogP contribution in [-0.2, 0) is 68.5 Å². The van der Waals surface area contributed by atoms with E-state index in [9.17, 15) is 62.7 Å². The molecule has 4 aromatic heterocycles. The maximum absolute atomic E-state index is 12.4. The highest BCUT2D eigenvalue weighted by Crippen LogP contribution is 2.66. The van der Waals surface area contributed by atoms with Gasteiger partial charge in [-0.05, 0) is 0 Å². The van der Waals surface area contributed by atoms with E-state index in [2.05, 4.69) is 41.9 Å². The summed E-state index contributed by atoms with van der Waals surface area (Å²) in [5.41, 5.74) is 9.71. The zero-order chi connectivity index (χ0) is 42.9. The number of phosphoric acid groups is 4. The molecule has 0 aromatic carbocycles. The van der Waals surface area contributed by atoms with Crippen molar-refractivity contribution in [3.05, 3.63) is 33.4 Å². The number of methoxy groups -OCH3 is 1. The number of nitrogen functional groups attached to an aromatic ring is 2. The Hall–Kier alpha value is -3.38. The van der Waals surface area contributed by atoms with Crippen LogP contribution < -0.4 is 51.3 Å². The Kier molecular flexibility index (Phi) is 12.1. The van der Waals surface area contributed by atoms with Crippen molar-refractivity contribution in [1.29, 1.82) is 0 Å². The number of anilines is 2. The average molecular weight is 908 g/mol. The second-order valence-corrected chi connectivity index (χ2v) is 18.5. The molecular formula is C23H32N10O21P4-2. The van der Waals surface area contributed by atoms with Crippen LogP contribution in [0.25, 0.3) is 22.3 Å². The lowest BCUT2D eigenvalue weighted by Crippen LogP contribution is -2.47. The second kappa shape index (κ2) is 15.9. The Morgan fingerprint density at radius 1 is 0.724 bits per heavy atom. The van der Waals surface area contributed by atoms with Crippen molar-refractivity contribution in [3.63, 3.8) is 0 Å². The highest BCUT2D eigenvalue weighted by Gasteiger charge is 2.50. The Morgan fingerprint density at radius 2 is 1.12 bits per heavy atom. The van der Waals surface area contributed by atoms with E-state index in [-0.39, 0.29) is 34.2 Å². The first-order chi connectivity index (χ1) is 26.8. The topological polar surface area (TPSA) is 456 Å². The summed E-state index contributed by atoms with van der Waals surface area (Å²) >= 11 is 0. The fourth-order valence-corrected chi connectivity index (χ4v) is 10.9. The van der Waals surface area contributed by atoms with Gasteiger partial charge >= 0.3 is 11.3 Å². The highest BCUT2D eigenvalue weighted by molar-refractivity contribution is 7.68. The van der Waals surface area contributed by atoms with Gasteiger partial charge in [-0.1, -0.05) is 9.97 Å². The minimum absolute atomic E-state index is 0.0154. The van der Waals surface area contributed by atoms with Crippen LogP contribution in [0, 0.1) is 0 Å². The van der Waals surface area contributed by atoms with E-state index in [4.69, 9.17) is 25.7 Å². The Bertz CT molecular complexity index is 2550. The van der Waals surface area contributed by atoms with Gasteiger partial charge in [0, 0.05) is 7.11 Å². The number of hydrogen-bond donors (Lipinski definition) is 7. The van der Waals surface area contributed by atoms with Crippen molar-refractivity contribution >= 4 is 65.5 Å². The molecule has 322 valence electrons. The van der Waals surface area contributed by atoms with Crippen LogP contribution in [-0.4, -0.2) is 101 Å². The Balaban J connectivity index is 1.04. The van der Waals surface area contributed by atoms with Gasteiger partial charge in [0.2, 0.25) is 23.5 Å². The third-order valence-electron chi connectivity index (χ3n) is 8.44. The van der Waals surface area contributed by atoms with E-state index >= 15 is 0 Å². The largest absolute Gasteiger partial charge is 0.756 e. The number of hydrogen-bond acceptors (Lipinski definition) is 25. The highest BCUT2D eigenvalue weighted by atomic mass is 31.3. The molecule has 0 amide bonds. The van der Waals surface area contributed by atoms with Gasteiger partial charge in [0.15, 0.2) is 12.7 Å². The summed E-state index contributed by atoms with van der Waals surface area (Å²) in [4.78, 5) is 86.5. The number of aromatic nitrogens is 8. The van der Waals surface area contributed by atoms with Crippen molar-refractivity contribution in [2.75, 3.05) is 31.8 Å². The molecule has 2 fully saturated rings. The van der Waals surface area contributed by atoms with Gasteiger partial charge in [0.25, 0.3) is 54.3 Å². The summed E-state index contributed by atoms with van der Waals surface area (Å²) in [5.74, 6) is -0.610. The van der Waals surface area contributed by atoms with Gasteiger partial charge in [-0.15, -0.1) is 0 Å². The molecule has 9 N–H and O–H groups in total. The normalized spacial score (nSPS) is 29.3. The fourth-order valence-electron chi connectivity index (χ4n) is 6.12. The summed E-state index contributed by atoms with van der Waals surface area (Å²) in [6.45, 7) is -2.46. The van der Waals surface area contributed by atoms with Gasteiger partial charge in [-0.2, -0.15) is 0 Å². The predicted octanol–water partition coefficient (Wildman–Crippen LogP) is -6.87. The van der Waals surface area contributed by atoms with E-state index in [0.29, 0.717) is 0 Å². The number of phosphoric ester groups is 2.